The van der Waals surface area contributed by atoms with Gasteiger partial charge in [0, 0.05) is 24.5 Å². The molecule has 0 bridgehead atoms. The van der Waals surface area contributed by atoms with E-state index >= 15 is 0 Å². The van der Waals surface area contributed by atoms with Crippen molar-refractivity contribution in [2.24, 2.45) is 0 Å². The highest BCUT2D eigenvalue weighted by Gasteiger charge is 2.12. The molecule has 1 heterocycles. The Balaban J connectivity index is 1.67. The zero-order valence-corrected chi connectivity index (χ0v) is 15.4. The van der Waals surface area contributed by atoms with Crippen LogP contribution < -0.4 is 10.2 Å². The largest absolute Gasteiger partial charge is 0.378 e. The van der Waals surface area contributed by atoms with Crippen LogP contribution in [0.25, 0.3) is 6.08 Å². The van der Waals surface area contributed by atoms with Gasteiger partial charge in [0.1, 0.15) is 11.6 Å². The molecule has 5 heteroatoms. The first-order valence-corrected chi connectivity index (χ1v) is 9.14. The first-order valence-electron chi connectivity index (χ1n) is 9.14. The minimum atomic E-state index is -0.406. The molecule has 3 rings (SSSR count). The highest BCUT2D eigenvalue weighted by atomic mass is 16.5. The lowest BCUT2D eigenvalue weighted by Gasteiger charge is -2.28. The van der Waals surface area contributed by atoms with Gasteiger partial charge in [-0.2, -0.15) is 5.26 Å². The minimum absolute atomic E-state index is 0.0801. The van der Waals surface area contributed by atoms with Gasteiger partial charge in [0.25, 0.3) is 5.91 Å². The van der Waals surface area contributed by atoms with Crippen LogP contribution in [0.3, 0.4) is 0 Å². The summed E-state index contributed by atoms with van der Waals surface area (Å²) in [5, 5.41) is 12.1. The molecule has 27 heavy (non-hydrogen) atoms. The number of nitrogens with zero attached hydrogens (tertiary/aromatic N) is 2. The van der Waals surface area contributed by atoms with E-state index in [9.17, 15) is 10.1 Å². The van der Waals surface area contributed by atoms with Crippen LogP contribution in [0.1, 0.15) is 18.1 Å². The van der Waals surface area contributed by atoms with Crippen molar-refractivity contribution in [1.82, 2.24) is 0 Å². The third-order valence-electron chi connectivity index (χ3n) is 4.57. The molecule has 0 spiro atoms. The number of amides is 1. The third kappa shape index (κ3) is 4.96. The molecule has 1 N–H and O–H groups in total. The van der Waals surface area contributed by atoms with E-state index in [1.165, 1.54) is 5.56 Å². The van der Waals surface area contributed by atoms with Crippen molar-refractivity contribution in [3.05, 3.63) is 65.2 Å². The fourth-order valence-electron chi connectivity index (χ4n) is 2.94. The molecule has 2 aromatic carbocycles. The molecular weight excluding hydrogens is 338 g/mol. The number of hydrogen-bond acceptors (Lipinski definition) is 4. The zero-order chi connectivity index (χ0) is 19.1. The van der Waals surface area contributed by atoms with Crippen LogP contribution in [0, 0.1) is 11.3 Å². The van der Waals surface area contributed by atoms with Crippen LogP contribution in [0.4, 0.5) is 11.4 Å². The molecule has 138 valence electrons. The first kappa shape index (κ1) is 18.7. The topological polar surface area (TPSA) is 65.4 Å². The summed E-state index contributed by atoms with van der Waals surface area (Å²) in [5.74, 6) is -0.406. The molecule has 0 aliphatic carbocycles. The number of carbonyl (C=O) groups excluding carboxylic acids is 1. The van der Waals surface area contributed by atoms with E-state index in [0.29, 0.717) is 5.69 Å². The summed E-state index contributed by atoms with van der Waals surface area (Å²) in [6, 6.07) is 17.5. The van der Waals surface area contributed by atoms with E-state index in [4.69, 9.17) is 4.74 Å². The number of hydrogen-bond donors (Lipinski definition) is 1. The highest BCUT2D eigenvalue weighted by Crippen LogP contribution is 2.19. The van der Waals surface area contributed by atoms with Crippen molar-refractivity contribution in [2.75, 3.05) is 36.5 Å². The fraction of sp³-hybridized carbons (Fsp3) is 0.273. The van der Waals surface area contributed by atoms with Crippen LogP contribution >= 0.6 is 0 Å². The minimum Gasteiger partial charge on any atom is -0.378 e. The molecule has 0 unspecified atom stereocenters. The number of aryl methyl sites for hydroxylation is 1. The summed E-state index contributed by atoms with van der Waals surface area (Å²) in [5.41, 5.74) is 3.90. The van der Waals surface area contributed by atoms with Crippen molar-refractivity contribution in [1.29, 1.82) is 5.26 Å². The second-order valence-corrected chi connectivity index (χ2v) is 6.37. The Labute approximate surface area is 159 Å². The maximum atomic E-state index is 12.4. The lowest BCUT2D eigenvalue weighted by atomic mass is 10.1. The smallest absolute Gasteiger partial charge is 0.266 e. The number of benzene rings is 2. The molecule has 0 radical (unpaired) electrons. The Morgan fingerprint density at radius 3 is 2.41 bits per heavy atom. The number of morpholine rings is 1. The quantitative estimate of drug-likeness (QED) is 0.652. The Morgan fingerprint density at radius 2 is 1.81 bits per heavy atom. The van der Waals surface area contributed by atoms with Gasteiger partial charge in [-0.3, -0.25) is 4.79 Å². The number of nitriles is 1. The second kappa shape index (κ2) is 9.02. The van der Waals surface area contributed by atoms with Crippen LogP contribution in [0.15, 0.2) is 54.1 Å². The Morgan fingerprint density at radius 1 is 1.15 bits per heavy atom. The molecule has 5 nitrogen and oxygen atoms in total. The van der Waals surface area contributed by atoms with Gasteiger partial charge in [-0.25, -0.2) is 0 Å². The van der Waals surface area contributed by atoms with E-state index in [1.54, 1.807) is 6.08 Å². The van der Waals surface area contributed by atoms with E-state index in [1.807, 2.05) is 54.6 Å². The van der Waals surface area contributed by atoms with Crippen molar-refractivity contribution >= 4 is 23.4 Å². The third-order valence-corrected chi connectivity index (χ3v) is 4.57. The highest BCUT2D eigenvalue weighted by molar-refractivity contribution is 6.09. The molecule has 2 aromatic rings. The average Bonchev–Trinajstić information content (AvgIpc) is 2.73. The molecule has 0 atom stereocenters. The van der Waals surface area contributed by atoms with Gasteiger partial charge in [-0.1, -0.05) is 31.2 Å². The van der Waals surface area contributed by atoms with Gasteiger partial charge in [0.05, 0.1) is 13.2 Å². The standard InChI is InChI=1S/C22H23N3O2/c1-2-17-3-5-18(6-4-17)15-19(16-23)22(26)24-20-7-9-21(10-8-20)25-11-13-27-14-12-25/h3-10,15H,2,11-14H2,1H3,(H,24,26). The lowest BCUT2D eigenvalue weighted by molar-refractivity contribution is -0.112. The summed E-state index contributed by atoms with van der Waals surface area (Å²) in [6.45, 7) is 5.28. The summed E-state index contributed by atoms with van der Waals surface area (Å²) < 4.78 is 5.36. The van der Waals surface area contributed by atoms with Gasteiger partial charge in [0.2, 0.25) is 0 Å². The van der Waals surface area contributed by atoms with Gasteiger partial charge in [-0.05, 0) is 47.9 Å². The summed E-state index contributed by atoms with van der Waals surface area (Å²) in [6.07, 6.45) is 2.56. The van der Waals surface area contributed by atoms with Crippen LogP contribution in [0.5, 0.6) is 0 Å². The van der Waals surface area contributed by atoms with Gasteiger partial charge in [0.15, 0.2) is 0 Å². The summed E-state index contributed by atoms with van der Waals surface area (Å²) in [4.78, 5) is 14.7. The molecule has 1 saturated heterocycles. The zero-order valence-electron chi connectivity index (χ0n) is 15.4. The van der Waals surface area contributed by atoms with Crippen molar-refractivity contribution in [2.45, 2.75) is 13.3 Å². The Hall–Kier alpha value is -3.10. The summed E-state index contributed by atoms with van der Waals surface area (Å²) in [7, 11) is 0. The van der Waals surface area contributed by atoms with Crippen LogP contribution in [-0.4, -0.2) is 32.2 Å². The van der Waals surface area contributed by atoms with E-state index < -0.39 is 5.91 Å². The number of rotatable bonds is 5. The van der Waals surface area contributed by atoms with Crippen LogP contribution in [0.2, 0.25) is 0 Å². The number of anilines is 2. The number of carbonyl (C=O) groups is 1. The molecule has 0 saturated carbocycles. The normalized spacial score (nSPS) is 14.5. The van der Waals surface area contributed by atoms with E-state index in [2.05, 4.69) is 17.1 Å². The Bertz CT molecular complexity index is 843. The molecule has 0 aromatic heterocycles. The number of ether oxygens (including phenoxy) is 1. The summed E-state index contributed by atoms with van der Waals surface area (Å²) >= 11 is 0. The van der Waals surface area contributed by atoms with Gasteiger partial charge >= 0.3 is 0 Å². The Kier molecular flexibility index (Phi) is 6.24. The monoisotopic (exact) mass is 361 g/mol. The second-order valence-electron chi connectivity index (χ2n) is 6.37. The van der Waals surface area contributed by atoms with Crippen molar-refractivity contribution in [3.8, 4) is 6.07 Å². The van der Waals surface area contributed by atoms with Crippen LogP contribution in [-0.2, 0) is 16.0 Å². The average molecular weight is 361 g/mol. The van der Waals surface area contributed by atoms with E-state index in [-0.39, 0.29) is 5.57 Å². The van der Waals surface area contributed by atoms with E-state index in [0.717, 1.165) is 44.0 Å². The predicted octanol–water partition coefficient (Wildman–Crippen LogP) is 3.63. The predicted molar refractivity (Wildman–Crippen MR) is 108 cm³/mol. The maximum absolute atomic E-state index is 12.4. The van der Waals surface area contributed by atoms with Crippen molar-refractivity contribution < 1.29 is 9.53 Å². The lowest BCUT2D eigenvalue weighted by Crippen LogP contribution is -2.36. The number of nitrogens with one attached hydrogen (secondary N) is 1. The van der Waals surface area contributed by atoms with Gasteiger partial charge in [-0.15, -0.1) is 0 Å². The molecular formula is C22H23N3O2. The van der Waals surface area contributed by atoms with Crippen molar-refractivity contribution in [3.63, 3.8) is 0 Å². The SMILES string of the molecule is CCc1ccc(C=C(C#N)C(=O)Nc2ccc(N3CCOCC3)cc2)cc1. The molecule has 1 amide bonds. The molecule has 1 aliphatic heterocycles. The molecule has 1 fully saturated rings. The maximum Gasteiger partial charge on any atom is 0.266 e. The molecule has 1 aliphatic rings. The first-order chi connectivity index (χ1) is 13.2. The van der Waals surface area contributed by atoms with Gasteiger partial charge < -0.3 is 15.0 Å². The fourth-order valence-corrected chi connectivity index (χ4v) is 2.94.